The summed E-state index contributed by atoms with van der Waals surface area (Å²) in [5.74, 6) is 1.07. The number of aromatic hydroxyl groups is 1. The molecule has 0 saturated carbocycles. The Balaban J connectivity index is 1.50. The fourth-order valence-corrected chi connectivity index (χ4v) is 5.47. The minimum Gasteiger partial charge on any atom is -0.508 e. The second-order valence-corrected chi connectivity index (χ2v) is 10.3. The summed E-state index contributed by atoms with van der Waals surface area (Å²) in [6.07, 6.45) is 0. The van der Waals surface area contributed by atoms with E-state index in [0.717, 1.165) is 27.9 Å². The van der Waals surface area contributed by atoms with Crippen molar-refractivity contribution in [3.05, 3.63) is 105 Å². The van der Waals surface area contributed by atoms with E-state index < -0.39 is 6.04 Å². The number of benzene rings is 3. The molecule has 0 fully saturated rings. The van der Waals surface area contributed by atoms with Gasteiger partial charge in [0.05, 0.1) is 5.57 Å². The van der Waals surface area contributed by atoms with E-state index in [1.807, 2.05) is 63.2 Å². The Morgan fingerprint density at radius 1 is 1.11 bits per heavy atom. The fourth-order valence-electron chi connectivity index (χ4n) is 4.35. The summed E-state index contributed by atoms with van der Waals surface area (Å²) in [6, 6.07) is 19.9. The molecule has 5 rings (SSSR count). The largest absolute Gasteiger partial charge is 0.508 e. The normalized spacial score (nSPS) is 14.8. The monoisotopic (exact) mass is 531 g/mol. The highest BCUT2D eigenvalue weighted by molar-refractivity contribution is 7.98. The quantitative estimate of drug-likeness (QED) is 0.247. The number of aryl methyl sites for hydroxylation is 2. The third kappa shape index (κ3) is 5.21. The number of rotatable bonds is 6. The summed E-state index contributed by atoms with van der Waals surface area (Å²) >= 11 is 7.79. The van der Waals surface area contributed by atoms with Crippen LogP contribution in [0.4, 0.5) is 11.6 Å². The number of anilines is 2. The van der Waals surface area contributed by atoms with Gasteiger partial charge in [-0.1, -0.05) is 71.4 Å². The van der Waals surface area contributed by atoms with Gasteiger partial charge in [-0.25, -0.2) is 4.68 Å². The molecule has 4 aromatic rings. The van der Waals surface area contributed by atoms with Gasteiger partial charge in [0.1, 0.15) is 11.8 Å². The molecule has 0 saturated heterocycles. The Morgan fingerprint density at radius 3 is 2.59 bits per heavy atom. The van der Waals surface area contributed by atoms with Crippen molar-refractivity contribution in [1.82, 2.24) is 14.8 Å². The highest BCUT2D eigenvalue weighted by Gasteiger charge is 2.34. The van der Waals surface area contributed by atoms with Crippen molar-refractivity contribution in [2.45, 2.75) is 37.7 Å². The van der Waals surface area contributed by atoms with Crippen molar-refractivity contribution in [2.24, 2.45) is 0 Å². The third-order valence-corrected chi connectivity index (χ3v) is 7.49. The summed E-state index contributed by atoms with van der Waals surface area (Å²) in [4.78, 5) is 18.4. The second-order valence-electron chi connectivity index (χ2n) is 8.97. The second kappa shape index (κ2) is 10.3. The van der Waals surface area contributed by atoms with Crippen LogP contribution in [-0.4, -0.2) is 25.8 Å². The molecule has 7 nitrogen and oxygen atoms in total. The smallest absolute Gasteiger partial charge is 0.255 e. The standard InChI is InChI=1S/C28H26ClN5O2S/c1-16-8-13-23(17(2)14-16)31-26(36)24-18(3)30-27-32-28(37-15-20-6-4-5-7-22(20)29)33-34(27)25(24)19-9-11-21(35)12-10-19/h4-14,25,35H,15H2,1-3H3,(H,31,36)(H,30,32,33). The number of allylic oxidation sites excluding steroid dienone is 1. The lowest BCUT2D eigenvalue weighted by Crippen LogP contribution is -2.31. The Kier molecular flexibility index (Phi) is 6.95. The van der Waals surface area contributed by atoms with Gasteiger partial charge in [0.25, 0.3) is 5.91 Å². The van der Waals surface area contributed by atoms with Gasteiger partial charge in [0.2, 0.25) is 11.1 Å². The minimum absolute atomic E-state index is 0.148. The number of nitrogens with one attached hydrogen (secondary N) is 2. The van der Waals surface area contributed by atoms with Crippen LogP contribution in [0, 0.1) is 13.8 Å². The van der Waals surface area contributed by atoms with E-state index in [2.05, 4.69) is 15.6 Å². The summed E-state index contributed by atoms with van der Waals surface area (Å²) in [7, 11) is 0. The van der Waals surface area contributed by atoms with E-state index >= 15 is 0 Å². The molecular formula is C28H26ClN5O2S. The first-order valence-electron chi connectivity index (χ1n) is 11.8. The van der Waals surface area contributed by atoms with Gasteiger partial charge in [-0.05, 0) is 61.7 Å². The highest BCUT2D eigenvalue weighted by atomic mass is 35.5. The molecule has 3 N–H and O–H groups in total. The first-order valence-corrected chi connectivity index (χ1v) is 13.1. The summed E-state index contributed by atoms with van der Waals surface area (Å²) < 4.78 is 1.73. The number of hydrogen-bond acceptors (Lipinski definition) is 6. The van der Waals surface area contributed by atoms with Crippen molar-refractivity contribution in [2.75, 3.05) is 10.6 Å². The number of carbonyl (C=O) groups excluding carboxylic acids is 1. The van der Waals surface area contributed by atoms with Crippen LogP contribution in [-0.2, 0) is 10.5 Å². The van der Waals surface area contributed by atoms with Crippen LogP contribution >= 0.6 is 23.4 Å². The van der Waals surface area contributed by atoms with Gasteiger partial charge in [-0.3, -0.25) is 4.79 Å². The van der Waals surface area contributed by atoms with E-state index in [0.29, 0.717) is 33.2 Å². The van der Waals surface area contributed by atoms with E-state index in [1.165, 1.54) is 11.8 Å². The van der Waals surface area contributed by atoms with Crippen molar-refractivity contribution in [3.63, 3.8) is 0 Å². The average Bonchev–Trinajstić information content (AvgIpc) is 3.27. The van der Waals surface area contributed by atoms with Crippen LogP contribution in [0.15, 0.2) is 83.2 Å². The molecule has 188 valence electrons. The number of carbonyl (C=O) groups is 1. The predicted molar refractivity (Wildman–Crippen MR) is 148 cm³/mol. The molecule has 1 aliphatic heterocycles. The molecule has 0 radical (unpaired) electrons. The lowest BCUT2D eigenvalue weighted by molar-refractivity contribution is -0.113. The zero-order chi connectivity index (χ0) is 26.1. The van der Waals surface area contributed by atoms with Gasteiger partial charge >= 0.3 is 0 Å². The number of hydrogen-bond donors (Lipinski definition) is 3. The van der Waals surface area contributed by atoms with Crippen LogP contribution in [0.5, 0.6) is 5.75 Å². The molecule has 1 aliphatic rings. The molecular weight excluding hydrogens is 506 g/mol. The van der Waals surface area contributed by atoms with Crippen LogP contribution in [0.2, 0.25) is 5.02 Å². The maximum absolute atomic E-state index is 13.7. The molecule has 2 heterocycles. The van der Waals surface area contributed by atoms with Crippen molar-refractivity contribution in [1.29, 1.82) is 0 Å². The Morgan fingerprint density at radius 2 is 1.86 bits per heavy atom. The Bertz CT molecular complexity index is 1510. The lowest BCUT2D eigenvalue weighted by atomic mass is 9.95. The van der Waals surface area contributed by atoms with Crippen LogP contribution in [0.1, 0.15) is 35.2 Å². The number of thioether (sulfide) groups is 1. The zero-order valence-corrected chi connectivity index (χ0v) is 22.2. The molecule has 0 bridgehead atoms. The van der Waals surface area contributed by atoms with Crippen LogP contribution in [0.3, 0.4) is 0 Å². The summed E-state index contributed by atoms with van der Waals surface area (Å²) in [5, 5.41) is 22.2. The van der Waals surface area contributed by atoms with Crippen molar-refractivity contribution < 1.29 is 9.90 Å². The topological polar surface area (TPSA) is 92.1 Å². The van der Waals surface area contributed by atoms with Gasteiger partial charge < -0.3 is 15.7 Å². The van der Waals surface area contributed by atoms with E-state index in [9.17, 15) is 9.90 Å². The predicted octanol–water partition coefficient (Wildman–Crippen LogP) is 6.47. The van der Waals surface area contributed by atoms with Gasteiger partial charge in [-0.15, -0.1) is 5.10 Å². The third-order valence-electron chi connectivity index (χ3n) is 6.23. The van der Waals surface area contributed by atoms with Crippen LogP contribution in [0.25, 0.3) is 0 Å². The number of phenolic OH excluding ortho intramolecular Hbond substituents is 1. The van der Waals surface area contributed by atoms with Crippen molar-refractivity contribution >= 4 is 40.9 Å². The molecule has 1 amide bonds. The maximum atomic E-state index is 13.7. The van der Waals surface area contributed by atoms with E-state index in [-0.39, 0.29) is 11.7 Å². The van der Waals surface area contributed by atoms with Gasteiger partial charge in [-0.2, -0.15) is 4.98 Å². The van der Waals surface area contributed by atoms with Crippen molar-refractivity contribution in [3.8, 4) is 5.75 Å². The highest BCUT2D eigenvalue weighted by Crippen LogP contribution is 2.38. The SMILES string of the molecule is CC1=C(C(=O)Nc2ccc(C)cc2C)C(c2ccc(O)cc2)n2nc(SCc3ccccc3Cl)nc2N1. The first kappa shape index (κ1) is 24.9. The number of fused-ring (bicyclic) bond motifs is 1. The molecule has 1 atom stereocenters. The number of phenols is 1. The molecule has 0 aliphatic carbocycles. The first-order chi connectivity index (χ1) is 17.8. The van der Waals surface area contributed by atoms with E-state index in [4.69, 9.17) is 16.7 Å². The summed E-state index contributed by atoms with van der Waals surface area (Å²) in [6.45, 7) is 5.85. The number of halogens is 1. The molecule has 3 aromatic carbocycles. The molecule has 1 aromatic heterocycles. The van der Waals surface area contributed by atoms with E-state index in [1.54, 1.807) is 28.9 Å². The molecule has 37 heavy (non-hydrogen) atoms. The fraction of sp³-hybridized carbons (Fsp3) is 0.179. The van der Waals surface area contributed by atoms with Gasteiger partial charge in [0, 0.05) is 22.2 Å². The van der Waals surface area contributed by atoms with Gasteiger partial charge in [0.15, 0.2) is 0 Å². The number of nitrogens with zero attached hydrogens (tertiary/aromatic N) is 3. The number of amides is 1. The maximum Gasteiger partial charge on any atom is 0.255 e. The molecule has 1 unspecified atom stereocenters. The zero-order valence-electron chi connectivity index (χ0n) is 20.6. The Labute approximate surface area is 224 Å². The lowest BCUT2D eigenvalue weighted by Gasteiger charge is -2.28. The average molecular weight is 532 g/mol. The van der Waals surface area contributed by atoms with Crippen LogP contribution < -0.4 is 10.6 Å². The number of aromatic nitrogens is 3. The summed E-state index contributed by atoms with van der Waals surface area (Å²) in [5.41, 5.74) is 5.86. The minimum atomic E-state index is -0.537. The Hall–Kier alpha value is -3.75. The molecule has 9 heteroatoms. The molecule has 0 spiro atoms.